The molecule has 2 nitrogen and oxygen atoms in total. The molecule has 1 aromatic rings. The van der Waals surface area contributed by atoms with Crippen LogP contribution in [-0.4, -0.2) is 24.5 Å². The van der Waals surface area contributed by atoms with E-state index in [2.05, 4.69) is 30.0 Å². The quantitative estimate of drug-likeness (QED) is 0.787. The van der Waals surface area contributed by atoms with E-state index in [1.165, 1.54) is 50.0 Å². The zero-order valence-corrected chi connectivity index (χ0v) is 10.2. The van der Waals surface area contributed by atoms with Gasteiger partial charge in [-0.15, -0.1) is 0 Å². The number of hydrogen-bond acceptors (Lipinski definition) is 2. The van der Waals surface area contributed by atoms with Gasteiger partial charge in [-0.3, -0.25) is 0 Å². The van der Waals surface area contributed by atoms with Crippen molar-refractivity contribution < 1.29 is 0 Å². The maximum absolute atomic E-state index is 5.90. The molecule has 0 atom stereocenters. The van der Waals surface area contributed by atoms with Crippen LogP contribution in [0.3, 0.4) is 0 Å². The molecule has 1 aliphatic rings. The van der Waals surface area contributed by atoms with Crippen LogP contribution in [0.15, 0.2) is 18.2 Å². The van der Waals surface area contributed by atoms with Gasteiger partial charge in [0.05, 0.1) is 0 Å². The lowest BCUT2D eigenvalue weighted by atomic mass is 10.1. The summed E-state index contributed by atoms with van der Waals surface area (Å²) in [6.07, 6.45) is 5.18. The van der Waals surface area contributed by atoms with Crippen molar-refractivity contribution in [3.63, 3.8) is 0 Å². The summed E-state index contributed by atoms with van der Waals surface area (Å²) in [5.74, 6) is 0. The summed E-state index contributed by atoms with van der Waals surface area (Å²) in [6.45, 7) is 5.91. The van der Waals surface area contributed by atoms with Gasteiger partial charge in [0, 0.05) is 5.69 Å². The first-order chi connectivity index (χ1) is 7.75. The van der Waals surface area contributed by atoms with Gasteiger partial charge in [0.2, 0.25) is 0 Å². The van der Waals surface area contributed by atoms with Crippen molar-refractivity contribution >= 4 is 5.69 Å². The predicted molar refractivity (Wildman–Crippen MR) is 69.6 cm³/mol. The van der Waals surface area contributed by atoms with Crippen molar-refractivity contribution in [1.29, 1.82) is 0 Å². The lowest BCUT2D eigenvalue weighted by Gasteiger charge is -2.14. The fourth-order valence-corrected chi connectivity index (χ4v) is 2.36. The van der Waals surface area contributed by atoms with Crippen LogP contribution < -0.4 is 5.73 Å². The standard InChI is InChI=1S/C14H22N2/c1-12-6-7-13(11-14(12)15)5-4-10-16-8-2-3-9-16/h6-7,11H,2-5,8-10,15H2,1H3. The molecule has 0 aromatic heterocycles. The minimum atomic E-state index is 0.929. The van der Waals surface area contributed by atoms with Gasteiger partial charge < -0.3 is 10.6 Å². The second-order valence-corrected chi connectivity index (χ2v) is 4.84. The first-order valence-electron chi connectivity index (χ1n) is 6.33. The van der Waals surface area contributed by atoms with E-state index in [4.69, 9.17) is 5.73 Å². The topological polar surface area (TPSA) is 29.3 Å². The van der Waals surface area contributed by atoms with Gasteiger partial charge in [0.1, 0.15) is 0 Å². The van der Waals surface area contributed by atoms with E-state index in [0.717, 1.165) is 12.1 Å². The van der Waals surface area contributed by atoms with E-state index in [0.29, 0.717) is 0 Å². The Bertz CT molecular complexity index is 341. The highest BCUT2D eigenvalue weighted by atomic mass is 15.1. The minimum Gasteiger partial charge on any atom is -0.399 e. The van der Waals surface area contributed by atoms with Crippen molar-refractivity contribution in [2.75, 3.05) is 25.4 Å². The molecule has 1 fully saturated rings. The van der Waals surface area contributed by atoms with Crippen LogP contribution in [0.1, 0.15) is 30.4 Å². The van der Waals surface area contributed by atoms with Crippen molar-refractivity contribution in [2.45, 2.75) is 32.6 Å². The summed E-state index contributed by atoms with van der Waals surface area (Å²) in [7, 11) is 0. The van der Waals surface area contributed by atoms with Gasteiger partial charge in [0.25, 0.3) is 0 Å². The molecule has 1 aliphatic heterocycles. The number of nitrogens with zero attached hydrogens (tertiary/aromatic N) is 1. The minimum absolute atomic E-state index is 0.929. The van der Waals surface area contributed by atoms with Crippen LogP contribution >= 0.6 is 0 Å². The fourth-order valence-electron chi connectivity index (χ4n) is 2.36. The Balaban J connectivity index is 1.78. The molecular formula is C14H22N2. The van der Waals surface area contributed by atoms with Gasteiger partial charge in [-0.2, -0.15) is 0 Å². The average Bonchev–Trinajstić information content (AvgIpc) is 2.76. The maximum Gasteiger partial charge on any atom is 0.0346 e. The van der Waals surface area contributed by atoms with E-state index in [1.807, 2.05) is 0 Å². The maximum atomic E-state index is 5.90. The molecule has 16 heavy (non-hydrogen) atoms. The smallest absolute Gasteiger partial charge is 0.0346 e. The highest BCUT2D eigenvalue weighted by molar-refractivity contribution is 5.48. The van der Waals surface area contributed by atoms with Gasteiger partial charge in [-0.25, -0.2) is 0 Å². The van der Waals surface area contributed by atoms with Gasteiger partial charge >= 0.3 is 0 Å². The number of likely N-dealkylation sites (tertiary alicyclic amines) is 1. The SMILES string of the molecule is Cc1ccc(CCCN2CCCC2)cc1N. The summed E-state index contributed by atoms with van der Waals surface area (Å²) >= 11 is 0. The Morgan fingerprint density at radius 3 is 2.69 bits per heavy atom. The van der Waals surface area contributed by atoms with Crippen LogP contribution in [0, 0.1) is 6.92 Å². The van der Waals surface area contributed by atoms with Crippen LogP contribution in [0.4, 0.5) is 5.69 Å². The third-order valence-electron chi connectivity index (χ3n) is 3.48. The molecular weight excluding hydrogens is 196 g/mol. The molecule has 88 valence electrons. The molecule has 0 bridgehead atoms. The van der Waals surface area contributed by atoms with E-state index >= 15 is 0 Å². The van der Waals surface area contributed by atoms with Crippen LogP contribution in [0.25, 0.3) is 0 Å². The number of benzene rings is 1. The molecule has 0 radical (unpaired) electrons. The third-order valence-corrected chi connectivity index (χ3v) is 3.48. The Morgan fingerprint density at radius 1 is 1.25 bits per heavy atom. The summed E-state index contributed by atoms with van der Waals surface area (Å²) in [5.41, 5.74) is 9.39. The second-order valence-electron chi connectivity index (χ2n) is 4.84. The van der Waals surface area contributed by atoms with E-state index in [-0.39, 0.29) is 0 Å². The lowest BCUT2D eigenvalue weighted by Crippen LogP contribution is -2.20. The van der Waals surface area contributed by atoms with E-state index in [1.54, 1.807) is 0 Å². The highest BCUT2D eigenvalue weighted by Crippen LogP contribution is 2.15. The largest absolute Gasteiger partial charge is 0.399 e. The van der Waals surface area contributed by atoms with Gasteiger partial charge in [0.15, 0.2) is 0 Å². The summed E-state index contributed by atoms with van der Waals surface area (Å²) in [5, 5.41) is 0. The zero-order valence-electron chi connectivity index (χ0n) is 10.2. The number of rotatable bonds is 4. The number of nitrogens with two attached hydrogens (primary N) is 1. The van der Waals surface area contributed by atoms with Gasteiger partial charge in [-0.1, -0.05) is 12.1 Å². The zero-order chi connectivity index (χ0) is 11.4. The molecule has 0 saturated carbocycles. The number of anilines is 1. The van der Waals surface area contributed by atoms with Gasteiger partial charge in [-0.05, 0) is 69.4 Å². The monoisotopic (exact) mass is 218 g/mol. The Hall–Kier alpha value is -1.02. The van der Waals surface area contributed by atoms with Crippen LogP contribution in [-0.2, 0) is 6.42 Å². The number of hydrogen-bond donors (Lipinski definition) is 1. The molecule has 0 unspecified atom stereocenters. The van der Waals surface area contributed by atoms with Crippen molar-refractivity contribution in [2.24, 2.45) is 0 Å². The predicted octanol–water partition coefficient (Wildman–Crippen LogP) is 2.61. The molecule has 1 heterocycles. The molecule has 0 amide bonds. The molecule has 1 aromatic carbocycles. The summed E-state index contributed by atoms with van der Waals surface area (Å²) < 4.78 is 0. The molecule has 2 rings (SSSR count). The Kier molecular flexibility index (Phi) is 3.83. The normalized spacial score (nSPS) is 16.8. The highest BCUT2D eigenvalue weighted by Gasteiger charge is 2.10. The summed E-state index contributed by atoms with van der Waals surface area (Å²) in [4.78, 5) is 2.57. The van der Waals surface area contributed by atoms with Crippen molar-refractivity contribution in [3.05, 3.63) is 29.3 Å². The van der Waals surface area contributed by atoms with Crippen LogP contribution in [0.2, 0.25) is 0 Å². The molecule has 1 saturated heterocycles. The van der Waals surface area contributed by atoms with Crippen molar-refractivity contribution in [1.82, 2.24) is 4.90 Å². The molecule has 0 aliphatic carbocycles. The Labute approximate surface area is 98.4 Å². The van der Waals surface area contributed by atoms with E-state index in [9.17, 15) is 0 Å². The third kappa shape index (κ3) is 2.99. The molecule has 2 heteroatoms. The second kappa shape index (κ2) is 5.35. The first kappa shape index (κ1) is 11.5. The number of nitrogen functional groups attached to an aromatic ring is 1. The Morgan fingerprint density at radius 2 is 2.00 bits per heavy atom. The fraction of sp³-hybridized carbons (Fsp3) is 0.571. The van der Waals surface area contributed by atoms with Crippen molar-refractivity contribution in [3.8, 4) is 0 Å². The lowest BCUT2D eigenvalue weighted by molar-refractivity contribution is 0.334. The molecule has 2 N–H and O–H groups in total. The van der Waals surface area contributed by atoms with E-state index < -0.39 is 0 Å². The first-order valence-corrected chi connectivity index (χ1v) is 6.33. The summed E-state index contributed by atoms with van der Waals surface area (Å²) in [6, 6.07) is 6.45. The number of aryl methyl sites for hydroxylation is 2. The average molecular weight is 218 g/mol. The molecule has 0 spiro atoms. The van der Waals surface area contributed by atoms with Crippen LogP contribution in [0.5, 0.6) is 0 Å².